The minimum Gasteiger partial charge on any atom is -0.300 e. The van der Waals surface area contributed by atoms with E-state index in [4.69, 9.17) is 0 Å². The maximum atomic E-state index is 11.6. The van der Waals surface area contributed by atoms with E-state index < -0.39 is 0 Å². The van der Waals surface area contributed by atoms with Crippen molar-refractivity contribution in [2.45, 2.75) is 41.0 Å². The number of ketones is 1. The van der Waals surface area contributed by atoms with Gasteiger partial charge in [0.2, 0.25) is 0 Å². The molecule has 0 aromatic carbocycles. The van der Waals surface area contributed by atoms with Crippen LogP contribution in [0.5, 0.6) is 0 Å². The van der Waals surface area contributed by atoms with E-state index in [9.17, 15) is 4.79 Å². The van der Waals surface area contributed by atoms with Gasteiger partial charge in [-0.25, -0.2) is 0 Å². The summed E-state index contributed by atoms with van der Waals surface area (Å²) in [4.78, 5) is 11.6. The second kappa shape index (κ2) is 4.29. The molecule has 0 aromatic rings. The molecule has 0 saturated heterocycles. The Morgan fingerprint density at radius 3 is 2.50 bits per heavy atom. The summed E-state index contributed by atoms with van der Waals surface area (Å²) in [5, 5.41) is 0. The Balaban J connectivity index is 2.93. The zero-order valence-corrected chi connectivity index (χ0v) is 10.0. The van der Waals surface area contributed by atoms with Crippen LogP contribution >= 0.6 is 0 Å². The van der Waals surface area contributed by atoms with Gasteiger partial charge in [0.1, 0.15) is 5.78 Å². The highest BCUT2D eigenvalue weighted by atomic mass is 16.1. The molecule has 1 nitrogen and oxygen atoms in total. The number of carbonyl (C=O) groups excluding carboxylic acids is 1. The van der Waals surface area contributed by atoms with Gasteiger partial charge in [-0.05, 0) is 38.0 Å². The molecule has 3 unspecified atom stereocenters. The molecule has 0 heterocycles. The van der Waals surface area contributed by atoms with Crippen molar-refractivity contribution in [1.29, 1.82) is 0 Å². The van der Waals surface area contributed by atoms with Gasteiger partial charge in [0.05, 0.1) is 0 Å². The van der Waals surface area contributed by atoms with Gasteiger partial charge in [0.15, 0.2) is 0 Å². The molecule has 1 aliphatic carbocycles. The molecule has 80 valence electrons. The minimum absolute atomic E-state index is 0.259. The normalized spacial score (nSPS) is 33.0. The fourth-order valence-electron chi connectivity index (χ4n) is 2.96. The predicted octanol–water partition coefficient (Wildman–Crippen LogP) is 3.45. The summed E-state index contributed by atoms with van der Waals surface area (Å²) in [5.41, 5.74) is 1.38. The van der Waals surface area contributed by atoms with Crippen LogP contribution in [0.3, 0.4) is 0 Å². The van der Waals surface area contributed by atoms with Crippen molar-refractivity contribution in [2.75, 3.05) is 0 Å². The van der Waals surface area contributed by atoms with E-state index in [1.807, 2.05) is 0 Å². The van der Waals surface area contributed by atoms with Crippen molar-refractivity contribution in [3.05, 3.63) is 11.6 Å². The summed E-state index contributed by atoms with van der Waals surface area (Å²) in [6, 6.07) is 0. The van der Waals surface area contributed by atoms with Crippen LogP contribution in [0.2, 0.25) is 0 Å². The molecule has 0 saturated carbocycles. The molecule has 0 bridgehead atoms. The quantitative estimate of drug-likeness (QED) is 0.615. The van der Waals surface area contributed by atoms with Crippen LogP contribution in [0.15, 0.2) is 11.6 Å². The molecule has 0 radical (unpaired) electrons. The van der Waals surface area contributed by atoms with Crippen LogP contribution in [-0.4, -0.2) is 5.78 Å². The average molecular weight is 194 g/mol. The topological polar surface area (TPSA) is 17.1 Å². The van der Waals surface area contributed by atoms with Gasteiger partial charge >= 0.3 is 0 Å². The lowest BCUT2D eigenvalue weighted by molar-refractivity contribution is -0.123. The van der Waals surface area contributed by atoms with Crippen molar-refractivity contribution < 1.29 is 4.79 Å². The van der Waals surface area contributed by atoms with Crippen LogP contribution < -0.4 is 0 Å². The summed E-state index contributed by atoms with van der Waals surface area (Å²) in [7, 11) is 0. The Kier molecular flexibility index (Phi) is 3.52. The Bertz CT molecular complexity index is 250. The fraction of sp³-hybridized carbons (Fsp3) is 0.769. The first kappa shape index (κ1) is 11.5. The molecular weight excluding hydrogens is 172 g/mol. The highest BCUT2D eigenvalue weighted by Gasteiger charge is 2.34. The van der Waals surface area contributed by atoms with Gasteiger partial charge in [-0.3, -0.25) is 4.79 Å². The number of carbonyl (C=O) groups is 1. The van der Waals surface area contributed by atoms with Crippen molar-refractivity contribution >= 4 is 5.78 Å². The fourth-order valence-corrected chi connectivity index (χ4v) is 2.96. The molecular formula is C13H22O. The summed E-state index contributed by atoms with van der Waals surface area (Å²) < 4.78 is 0. The third-order valence-corrected chi connectivity index (χ3v) is 3.45. The van der Waals surface area contributed by atoms with E-state index in [0.29, 0.717) is 23.5 Å². The van der Waals surface area contributed by atoms with Crippen LogP contribution in [-0.2, 0) is 4.79 Å². The number of hydrogen-bond acceptors (Lipinski definition) is 1. The number of rotatable bonds is 2. The van der Waals surface area contributed by atoms with E-state index in [1.165, 1.54) is 5.57 Å². The first-order valence-electron chi connectivity index (χ1n) is 5.61. The molecule has 1 heteroatoms. The van der Waals surface area contributed by atoms with Gasteiger partial charge in [-0.2, -0.15) is 0 Å². The molecule has 14 heavy (non-hydrogen) atoms. The van der Waals surface area contributed by atoms with Gasteiger partial charge in [-0.15, -0.1) is 0 Å². The van der Waals surface area contributed by atoms with Crippen molar-refractivity contribution in [2.24, 2.45) is 23.7 Å². The maximum absolute atomic E-state index is 11.6. The first-order valence-corrected chi connectivity index (χ1v) is 5.61. The van der Waals surface area contributed by atoms with Crippen LogP contribution in [0.25, 0.3) is 0 Å². The average Bonchev–Trinajstić information content (AvgIpc) is 2.01. The molecule has 0 amide bonds. The second-order valence-corrected chi connectivity index (χ2v) is 5.11. The molecule has 0 N–H and O–H groups in total. The second-order valence-electron chi connectivity index (χ2n) is 5.11. The lowest BCUT2D eigenvalue weighted by Crippen LogP contribution is -2.33. The van der Waals surface area contributed by atoms with Crippen molar-refractivity contribution in [1.82, 2.24) is 0 Å². The summed E-state index contributed by atoms with van der Waals surface area (Å²) >= 11 is 0. The molecule has 0 spiro atoms. The third-order valence-electron chi connectivity index (χ3n) is 3.45. The number of hydrogen-bond donors (Lipinski definition) is 0. The van der Waals surface area contributed by atoms with Gasteiger partial charge in [-0.1, -0.05) is 32.4 Å². The minimum atomic E-state index is 0.259. The highest BCUT2D eigenvalue weighted by Crippen LogP contribution is 2.38. The van der Waals surface area contributed by atoms with E-state index in [0.717, 1.165) is 6.42 Å². The lowest BCUT2D eigenvalue weighted by Gasteiger charge is -2.36. The Morgan fingerprint density at radius 2 is 2.07 bits per heavy atom. The van der Waals surface area contributed by atoms with Crippen LogP contribution in [0, 0.1) is 23.7 Å². The zero-order chi connectivity index (χ0) is 10.9. The van der Waals surface area contributed by atoms with Crippen molar-refractivity contribution in [3.8, 4) is 0 Å². The Labute approximate surface area is 87.6 Å². The summed E-state index contributed by atoms with van der Waals surface area (Å²) in [6.45, 7) is 10.6. The molecule has 1 rings (SSSR count). The smallest absolute Gasteiger partial charge is 0.133 e. The molecule has 0 fully saturated rings. The first-order chi connectivity index (χ1) is 6.43. The maximum Gasteiger partial charge on any atom is 0.133 e. The Hall–Kier alpha value is -0.590. The molecule has 3 atom stereocenters. The van der Waals surface area contributed by atoms with Crippen LogP contribution in [0.1, 0.15) is 41.0 Å². The standard InChI is InChI=1S/C13H22O/c1-8(2)13-10(4)6-9(3)7-12(13)11(5)14/h6,8,10,12-13H,7H2,1-5H3. The molecule has 1 aliphatic rings. The van der Waals surface area contributed by atoms with E-state index in [1.54, 1.807) is 6.92 Å². The van der Waals surface area contributed by atoms with Gasteiger partial charge < -0.3 is 0 Å². The Morgan fingerprint density at radius 1 is 1.50 bits per heavy atom. The highest BCUT2D eigenvalue weighted by molar-refractivity contribution is 5.79. The lowest BCUT2D eigenvalue weighted by atomic mass is 9.68. The zero-order valence-electron chi connectivity index (χ0n) is 10.0. The third kappa shape index (κ3) is 2.26. The van der Waals surface area contributed by atoms with Crippen LogP contribution in [0.4, 0.5) is 0 Å². The monoisotopic (exact) mass is 194 g/mol. The van der Waals surface area contributed by atoms with E-state index in [2.05, 4.69) is 33.8 Å². The molecule has 0 aliphatic heterocycles. The predicted molar refractivity (Wildman–Crippen MR) is 60.0 cm³/mol. The van der Waals surface area contributed by atoms with E-state index in [-0.39, 0.29) is 5.92 Å². The SMILES string of the molecule is CC(=O)C1CC(C)=CC(C)C1C(C)C. The molecule has 0 aromatic heterocycles. The number of allylic oxidation sites excluding steroid dienone is 2. The van der Waals surface area contributed by atoms with Gasteiger partial charge in [0.25, 0.3) is 0 Å². The van der Waals surface area contributed by atoms with Gasteiger partial charge in [0, 0.05) is 5.92 Å². The largest absolute Gasteiger partial charge is 0.300 e. The summed E-state index contributed by atoms with van der Waals surface area (Å²) in [6.07, 6.45) is 3.31. The van der Waals surface area contributed by atoms with E-state index >= 15 is 0 Å². The summed E-state index contributed by atoms with van der Waals surface area (Å²) in [5.74, 6) is 2.31. The van der Waals surface area contributed by atoms with Crippen molar-refractivity contribution in [3.63, 3.8) is 0 Å². The number of Topliss-reactive ketones (excluding diaryl/α,β-unsaturated/α-hetero) is 1.